The highest BCUT2D eigenvalue weighted by atomic mass is 16.3. The van der Waals surface area contributed by atoms with Crippen LogP contribution >= 0.6 is 0 Å². The minimum absolute atomic E-state index is 0.307. The van der Waals surface area contributed by atoms with E-state index in [0.717, 1.165) is 32.6 Å². The molecule has 0 saturated carbocycles. The molecule has 0 spiro atoms. The van der Waals surface area contributed by atoms with Gasteiger partial charge in [-0.25, -0.2) is 0 Å². The number of nitrogens with zero attached hydrogens (tertiary/aromatic N) is 1. The largest absolute Gasteiger partial charge is 0.389 e. The number of rotatable bonds is 6. The second kappa shape index (κ2) is 5.99. The van der Waals surface area contributed by atoms with Crippen molar-refractivity contribution >= 4 is 0 Å². The second-order valence-corrected chi connectivity index (χ2v) is 5.63. The molecule has 16 heavy (non-hydrogen) atoms. The number of hydrogen-bond acceptors (Lipinski definition) is 3. The van der Waals surface area contributed by atoms with Crippen LogP contribution in [0.15, 0.2) is 0 Å². The van der Waals surface area contributed by atoms with Crippen LogP contribution in [0.2, 0.25) is 0 Å². The van der Waals surface area contributed by atoms with E-state index in [1.807, 2.05) is 6.92 Å². The zero-order valence-corrected chi connectivity index (χ0v) is 11.3. The molecule has 3 nitrogen and oxygen atoms in total. The molecule has 0 aromatic heterocycles. The van der Waals surface area contributed by atoms with Crippen LogP contribution in [0.4, 0.5) is 0 Å². The van der Waals surface area contributed by atoms with Crippen molar-refractivity contribution in [1.29, 1.82) is 0 Å². The van der Waals surface area contributed by atoms with E-state index in [9.17, 15) is 5.11 Å². The van der Waals surface area contributed by atoms with Crippen LogP contribution < -0.4 is 5.32 Å². The van der Waals surface area contributed by atoms with E-state index in [2.05, 4.69) is 31.0 Å². The van der Waals surface area contributed by atoms with Gasteiger partial charge >= 0.3 is 0 Å². The van der Waals surface area contributed by atoms with Gasteiger partial charge in [0.15, 0.2) is 0 Å². The molecule has 2 N–H and O–H groups in total. The Morgan fingerprint density at radius 3 is 2.62 bits per heavy atom. The monoisotopic (exact) mass is 228 g/mol. The summed E-state index contributed by atoms with van der Waals surface area (Å²) < 4.78 is 0. The molecule has 0 aromatic rings. The topological polar surface area (TPSA) is 35.5 Å². The van der Waals surface area contributed by atoms with Crippen molar-refractivity contribution in [2.24, 2.45) is 5.92 Å². The Hall–Kier alpha value is -0.120. The zero-order valence-electron chi connectivity index (χ0n) is 11.3. The molecule has 1 rings (SSSR count). The lowest BCUT2D eigenvalue weighted by molar-refractivity contribution is -0.0274. The van der Waals surface area contributed by atoms with Gasteiger partial charge in [0.05, 0.1) is 5.60 Å². The van der Waals surface area contributed by atoms with Crippen molar-refractivity contribution in [3.8, 4) is 0 Å². The van der Waals surface area contributed by atoms with Gasteiger partial charge in [0, 0.05) is 19.1 Å². The minimum atomic E-state index is -0.572. The average Bonchev–Trinajstić information content (AvgIpc) is 2.69. The van der Waals surface area contributed by atoms with Gasteiger partial charge in [-0.3, -0.25) is 4.90 Å². The van der Waals surface area contributed by atoms with E-state index in [-0.39, 0.29) is 0 Å². The predicted octanol–water partition coefficient (Wildman–Crippen LogP) is 1.47. The van der Waals surface area contributed by atoms with Gasteiger partial charge in [-0.1, -0.05) is 20.8 Å². The van der Waals surface area contributed by atoms with E-state index >= 15 is 0 Å². The van der Waals surface area contributed by atoms with Crippen molar-refractivity contribution < 1.29 is 5.11 Å². The fourth-order valence-electron chi connectivity index (χ4n) is 2.22. The van der Waals surface area contributed by atoms with Gasteiger partial charge in [0.25, 0.3) is 0 Å². The Morgan fingerprint density at radius 1 is 1.50 bits per heavy atom. The molecule has 1 aliphatic rings. The summed E-state index contributed by atoms with van der Waals surface area (Å²) in [7, 11) is 0. The molecule has 1 saturated heterocycles. The standard InChI is InChI=1S/C13H28N2O/c1-5-8-15(12-6-7-14-9-12)10-13(4,16)11(2)3/h11-12,14,16H,5-10H2,1-4H3. The first-order chi connectivity index (χ1) is 7.47. The molecule has 0 radical (unpaired) electrons. The molecule has 0 amide bonds. The third-order valence-electron chi connectivity index (χ3n) is 3.83. The van der Waals surface area contributed by atoms with Crippen LogP contribution in [0.3, 0.4) is 0 Å². The Bertz CT molecular complexity index is 198. The summed E-state index contributed by atoms with van der Waals surface area (Å²) >= 11 is 0. The first kappa shape index (κ1) is 13.9. The fraction of sp³-hybridized carbons (Fsp3) is 1.00. The smallest absolute Gasteiger partial charge is 0.0768 e. The van der Waals surface area contributed by atoms with Crippen LogP contribution in [-0.4, -0.2) is 47.8 Å². The first-order valence-corrected chi connectivity index (χ1v) is 6.64. The SMILES string of the molecule is CCCN(CC(C)(O)C(C)C)C1CCNC1. The fourth-order valence-corrected chi connectivity index (χ4v) is 2.22. The summed E-state index contributed by atoms with van der Waals surface area (Å²) in [5.74, 6) is 0.307. The summed E-state index contributed by atoms with van der Waals surface area (Å²) in [4.78, 5) is 2.46. The molecule has 0 aromatic carbocycles. The average molecular weight is 228 g/mol. The molecule has 1 heterocycles. The van der Waals surface area contributed by atoms with Gasteiger partial charge < -0.3 is 10.4 Å². The summed E-state index contributed by atoms with van der Waals surface area (Å²) in [5, 5.41) is 13.8. The third-order valence-corrected chi connectivity index (χ3v) is 3.83. The Morgan fingerprint density at radius 2 is 2.19 bits per heavy atom. The quantitative estimate of drug-likeness (QED) is 0.722. The number of aliphatic hydroxyl groups is 1. The van der Waals surface area contributed by atoms with Gasteiger partial charge in [0.1, 0.15) is 0 Å². The maximum Gasteiger partial charge on any atom is 0.0768 e. The highest BCUT2D eigenvalue weighted by Crippen LogP contribution is 2.20. The van der Waals surface area contributed by atoms with Crippen LogP contribution in [0, 0.1) is 5.92 Å². The molecule has 0 aliphatic carbocycles. The molecule has 3 heteroatoms. The third kappa shape index (κ3) is 3.72. The minimum Gasteiger partial charge on any atom is -0.389 e. The van der Waals surface area contributed by atoms with Crippen LogP contribution in [0.25, 0.3) is 0 Å². The molecular weight excluding hydrogens is 200 g/mol. The lowest BCUT2D eigenvalue weighted by atomic mass is 9.91. The molecular formula is C13H28N2O. The second-order valence-electron chi connectivity index (χ2n) is 5.63. The molecule has 1 fully saturated rings. The van der Waals surface area contributed by atoms with Gasteiger partial charge in [-0.2, -0.15) is 0 Å². The van der Waals surface area contributed by atoms with Gasteiger partial charge in [0.2, 0.25) is 0 Å². The van der Waals surface area contributed by atoms with Crippen LogP contribution in [0.1, 0.15) is 40.5 Å². The predicted molar refractivity (Wildman–Crippen MR) is 68.6 cm³/mol. The summed E-state index contributed by atoms with van der Waals surface area (Å²) in [6.45, 7) is 12.4. The summed E-state index contributed by atoms with van der Waals surface area (Å²) in [6, 6.07) is 0.616. The summed E-state index contributed by atoms with van der Waals surface area (Å²) in [6.07, 6.45) is 2.37. The molecule has 2 unspecified atom stereocenters. The summed E-state index contributed by atoms with van der Waals surface area (Å²) in [5.41, 5.74) is -0.572. The van der Waals surface area contributed by atoms with E-state index in [0.29, 0.717) is 12.0 Å². The zero-order chi connectivity index (χ0) is 12.2. The molecule has 2 atom stereocenters. The first-order valence-electron chi connectivity index (χ1n) is 6.64. The van der Waals surface area contributed by atoms with Crippen LogP contribution in [-0.2, 0) is 0 Å². The maximum absolute atomic E-state index is 10.4. The van der Waals surface area contributed by atoms with Gasteiger partial charge in [-0.15, -0.1) is 0 Å². The lowest BCUT2D eigenvalue weighted by Gasteiger charge is -2.37. The highest BCUT2D eigenvalue weighted by Gasteiger charge is 2.31. The maximum atomic E-state index is 10.4. The Balaban J connectivity index is 2.56. The Kier molecular flexibility index (Phi) is 5.22. The molecule has 96 valence electrons. The van der Waals surface area contributed by atoms with E-state index in [4.69, 9.17) is 0 Å². The van der Waals surface area contributed by atoms with Crippen molar-refractivity contribution in [2.75, 3.05) is 26.2 Å². The van der Waals surface area contributed by atoms with E-state index in [1.54, 1.807) is 0 Å². The number of nitrogens with one attached hydrogen (secondary N) is 1. The van der Waals surface area contributed by atoms with Crippen molar-refractivity contribution in [1.82, 2.24) is 10.2 Å². The van der Waals surface area contributed by atoms with Crippen molar-refractivity contribution in [2.45, 2.75) is 52.2 Å². The van der Waals surface area contributed by atoms with E-state index < -0.39 is 5.60 Å². The van der Waals surface area contributed by atoms with Crippen LogP contribution in [0.5, 0.6) is 0 Å². The lowest BCUT2D eigenvalue weighted by Crippen LogP contribution is -2.49. The molecule has 0 bridgehead atoms. The highest BCUT2D eigenvalue weighted by molar-refractivity contribution is 4.87. The van der Waals surface area contributed by atoms with Crippen molar-refractivity contribution in [3.05, 3.63) is 0 Å². The van der Waals surface area contributed by atoms with E-state index in [1.165, 1.54) is 6.42 Å². The van der Waals surface area contributed by atoms with Gasteiger partial charge in [-0.05, 0) is 38.8 Å². The number of hydrogen-bond donors (Lipinski definition) is 2. The normalized spacial score (nSPS) is 25.3. The Labute approximate surface area is 100 Å². The molecule has 1 aliphatic heterocycles. The van der Waals surface area contributed by atoms with Crippen molar-refractivity contribution in [3.63, 3.8) is 0 Å².